The molecule has 1 fully saturated rings. The summed E-state index contributed by atoms with van der Waals surface area (Å²) >= 11 is 0. The molecule has 2 N–H and O–H groups in total. The molecule has 2 aromatic carbocycles. The van der Waals surface area contributed by atoms with Crippen LogP contribution in [0.4, 0.5) is 11.4 Å². The molecule has 3 rings (SSSR count). The van der Waals surface area contributed by atoms with Gasteiger partial charge in [0.2, 0.25) is 5.91 Å². The van der Waals surface area contributed by atoms with Gasteiger partial charge in [-0.3, -0.25) is 14.5 Å². The number of hydrogen-bond acceptors (Lipinski definition) is 3. The summed E-state index contributed by atoms with van der Waals surface area (Å²) < 4.78 is 0. The zero-order chi connectivity index (χ0) is 24.3. The van der Waals surface area contributed by atoms with Crippen LogP contribution in [-0.2, 0) is 11.3 Å². The Balaban J connectivity index is 1.52. The quantitative estimate of drug-likeness (QED) is 0.386. The van der Waals surface area contributed by atoms with E-state index in [9.17, 15) is 9.59 Å². The van der Waals surface area contributed by atoms with Crippen LogP contribution in [0, 0.1) is 12.8 Å². The zero-order valence-corrected chi connectivity index (χ0v) is 21.2. The van der Waals surface area contributed by atoms with Gasteiger partial charge in [0, 0.05) is 29.9 Å². The van der Waals surface area contributed by atoms with Crippen molar-refractivity contribution in [2.75, 3.05) is 23.7 Å². The fourth-order valence-corrected chi connectivity index (χ4v) is 4.75. The highest BCUT2D eigenvalue weighted by Crippen LogP contribution is 2.28. The van der Waals surface area contributed by atoms with E-state index in [1.165, 1.54) is 37.7 Å². The average Bonchev–Trinajstić information content (AvgIpc) is 2.85. The molecule has 2 amide bonds. The number of hydrogen-bond donors (Lipinski definition) is 2. The summed E-state index contributed by atoms with van der Waals surface area (Å²) in [6.07, 6.45) is 9.33. The van der Waals surface area contributed by atoms with Gasteiger partial charge in [-0.05, 0) is 74.2 Å². The molecular formula is C29H41N3O2. The molecular weight excluding hydrogens is 422 g/mol. The van der Waals surface area contributed by atoms with E-state index in [2.05, 4.69) is 29.4 Å². The van der Waals surface area contributed by atoms with Crippen LogP contribution in [0.3, 0.4) is 0 Å². The van der Waals surface area contributed by atoms with Gasteiger partial charge in [0.15, 0.2) is 0 Å². The second kappa shape index (κ2) is 13.3. The van der Waals surface area contributed by atoms with Gasteiger partial charge in [-0.2, -0.15) is 0 Å². The maximum Gasteiger partial charge on any atom is 0.255 e. The van der Waals surface area contributed by atoms with Gasteiger partial charge < -0.3 is 10.6 Å². The molecule has 0 atom stereocenters. The first-order valence-electron chi connectivity index (χ1n) is 13.0. The van der Waals surface area contributed by atoms with Crippen molar-refractivity contribution in [3.8, 4) is 0 Å². The Hall–Kier alpha value is -2.66. The number of benzene rings is 2. The molecule has 0 bridgehead atoms. The Bertz CT molecular complexity index is 929. The van der Waals surface area contributed by atoms with Crippen LogP contribution in [0.2, 0.25) is 0 Å². The molecule has 34 heavy (non-hydrogen) atoms. The minimum atomic E-state index is -0.145. The first-order valence-corrected chi connectivity index (χ1v) is 13.0. The molecule has 0 unspecified atom stereocenters. The fourth-order valence-electron chi connectivity index (χ4n) is 4.75. The second-order valence-corrected chi connectivity index (χ2v) is 9.59. The SMILES string of the molecule is CCN(CC)Cc1ccc(C(=O)Nc2cc(NC(=O)CCCC3CCCCC3)ccc2C)cc1. The molecule has 0 saturated heterocycles. The Morgan fingerprint density at radius 2 is 1.65 bits per heavy atom. The summed E-state index contributed by atoms with van der Waals surface area (Å²) in [7, 11) is 0. The van der Waals surface area contributed by atoms with E-state index in [0.717, 1.165) is 55.3 Å². The van der Waals surface area contributed by atoms with E-state index in [-0.39, 0.29) is 11.8 Å². The number of aryl methyl sites for hydroxylation is 1. The van der Waals surface area contributed by atoms with Crippen LogP contribution in [0.25, 0.3) is 0 Å². The van der Waals surface area contributed by atoms with E-state index in [4.69, 9.17) is 0 Å². The molecule has 2 aromatic rings. The third-order valence-corrected chi connectivity index (χ3v) is 7.03. The summed E-state index contributed by atoms with van der Waals surface area (Å²) in [4.78, 5) is 27.6. The van der Waals surface area contributed by atoms with Crippen LogP contribution >= 0.6 is 0 Å². The van der Waals surface area contributed by atoms with Crippen molar-refractivity contribution >= 4 is 23.2 Å². The number of nitrogens with zero attached hydrogens (tertiary/aromatic N) is 1. The third kappa shape index (κ3) is 7.98. The van der Waals surface area contributed by atoms with Crippen molar-refractivity contribution in [2.45, 2.75) is 78.7 Å². The minimum Gasteiger partial charge on any atom is -0.326 e. The Labute approximate surface area is 205 Å². The molecule has 0 aromatic heterocycles. The van der Waals surface area contributed by atoms with Gasteiger partial charge in [0.05, 0.1) is 0 Å². The van der Waals surface area contributed by atoms with E-state index in [1.54, 1.807) is 0 Å². The standard InChI is InChI=1S/C29H41N3O2/c1-4-32(5-2)21-24-15-17-25(18-16-24)29(34)31-27-20-26(19-14-22(27)3)30-28(33)13-9-12-23-10-7-6-8-11-23/h14-20,23H,4-13,21H2,1-3H3,(H,30,33)(H,31,34). The van der Waals surface area contributed by atoms with Crippen molar-refractivity contribution < 1.29 is 9.59 Å². The van der Waals surface area contributed by atoms with Gasteiger partial charge >= 0.3 is 0 Å². The van der Waals surface area contributed by atoms with Gasteiger partial charge in [0.25, 0.3) is 5.91 Å². The van der Waals surface area contributed by atoms with Crippen LogP contribution in [-0.4, -0.2) is 29.8 Å². The number of carbonyl (C=O) groups is 2. The maximum atomic E-state index is 12.8. The molecule has 0 heterocycles. The van der Waals surface area contributed by atoms with E-state index >= 15 is 0 Å². The largest absolute Gasteiger partial charge is 0.326 e. The molecule has 0 spiro atoms. The number of carbonyl (C=O) groups excluding carboxylic acids is 2. The lowest BCUT2D eigenvalue weighted by atomic mass is 9.86. The van der Waals surface area contributed by atoms with E-state index < -0.39 is 0 Å². The van der Waals surface area contributed by atoms with Crippen LogP contribution in [0.5, 0.6) is 0 Å². The highest BCUT2D eigenvalue weighted by atomic mass is 16.2. The summed E-state index contributed by atoms with van der Waals surface area (Å²) in [5.41, 5.74) is 4.22. The van der Waals surface area contributed by atoms with Gasteiger partial charge in [-0.1, -0.05) is 64.2 Å². The lowest BCUT2D eigenvalue weighted by Crippen LogP contribution is -2.22. The first-order chi connectivity index (χ1) is 16.5. The lowest BCUT2D eigenvalue weighted by Gasteiger charge is -2.21. The summed E-state index contributed by atoms with van der Waals surface area (Å²) in [5, 5.41) is 6.01. The van der Waals surface area contributed by atoms with Crippen LogP contribution in [0.1, 0.15) is 86.7 Å². The highest BCUT2D eigenvalue weighted by molar-refractivity contribution is 6.05. The van der Waals surface area contributed by atoms with Crippen molar-refractivity contribution in [3.05, 3.63) is 59.2 Å². The lowest BCUT2D eigenvalue weighted by molar-refractivity contribution is -0.116. The number of amides is 2. The van der Waals surface area contributed by atoms with E-state index in [0.29, 0.717) is 12.0 Å². The van der Waals surface area contributed by atoms with Gasteiger partial charge in [-0.15, -0.1) is 0 Å². The molecule has 1 aliphatic rings. The third-order valence-electron chi connectivity index (χ3n) is 7.03. The number of anilines is 2. The first kappa shape index (κ1) is 26.0. The average molecular weight is 464 g/mol. The normalized spacial score (nSPS) is 14.2. The Morgan fingerprint density at radius 1 is 0.941 bits per heavy atom. The molecule has 5 nitrogen and oxygen atoms in total. The predicted octanol–water partition coefficient (Wildman–Crippen LogP) is 6.78. The fraction of sp³-hybridized carbons (Fsp3) is 0.517. The van der Waals surface area contributed by atoms with Crippen molar-refractivity contribution in [2.24, 2.45) is 5.92 Å². The number of nitrogens with one attached hydrogen (secondary N) is 2. The monoisotopic (exact) mass is 463 g/mol. The van der Waals surface area contributed by atoms with Crippen molar-refractivity contribution in [3.63, 3.8) is 0 Å². The minimum absolute atomic E-state index is 0.0423. The maximum absolute atomic E-state index is 12.8. The zero-order valence-electron chi connectivity index (χ0n) is 21.2. The van der Waals surface area contributed by atoms with Crippen LogP contribution < -0.4 is 10.6 Å². The number of rotatable bonds is 11. The Kier molecular flexibility index (Phi) is 10.1. The highest BCUT2D eigenvalue weighted by Gasteiger charge is 2.14. The molecule has 0 radical (unpaired) electrons. The molecule has 1 saturated carbocycles. The van der Waals surface area contributed by atoms with Crippen molar-refractivity contribution in [1.29, 1.82) is 0 Å². The van der Waals surface area contributed by atoms with Gasteiger partial charge in [-0.25, -0.2) is 0 Å². The topological polar surface area (TPSA) is 61.4 Å². The summed E-state index contributed by atoms with van der Waals surface area (Å²) in [6, 6.07) is 13.5. The predicted molar refractivity (Wildman–Crippen MR) is 141 cm³/mol. The molecule has 0 aliphatic heterocycles. The second-order valence-electron chi connectivity index (χ2n) is 9.59. The molecule has 184 valence electrons. The molecule has 5 heteroatoms. The Morgan fingerprint density at radius 3 is 2.32 bits per heavy atom. The molecule has 1 aliphatic carbocycles. The summed E-state index contributed by atoms with van der Waals surface area (Å²) in [5.74, 6) is 0.697. The van der Waals surface area contributed by atoms with Crippen molar-refractivity contribution in [1.82, 2.24) is 4.90 Å². The smallest absolute Gasteiger partial charge is 0.255 e. The van der Waals surface area contributed by atoms with E-state index in [1.807, 2.05) is 49.4 Å². The van der Waals surface area contributed by atoms with Crippen LogP contribution in [0.15, 0.2) is 42.5 Å². The van der Waals surface area contributed by atoms with Gasteiger partial charge in [0.1, 0.15) is 0 Å². The summed E-state index contributed by atoms with van der Waals surface area (Å²) in [6.45, 7) is 9.16.